The van der Waals surface area contributed by atoms with Crippen molar-refractivity contribution in [1.82, 2.24) is 19.9 Å². The van der Waals surface area contributed by atoms with Crippen LogP contribution in [0.25, 0.3) is 0 Å². The van der Waals surface area contributed by atoms with Crippen LogP contribution >= 0.6 is 0 Å². The molecule has 0 aromatic carbocycles. The molecule has 1 saturated heterocycles. The Hall–Kier alpha value is -1.27. The van der Waals surface area contributed by atoms with Crippen molar-refractivity contribution < 1.29 is 9.32 Å². The van der Waals surface area contributed by atoms with E-state index in [1.807, 2.05) is 6.92 Å². The molecule has 0 N–H and O–H groups in total. The standard InChI is InChI=1S/C14H24N4O2/c1-4-5-12(19)9-14-15-13(16-20-14)8-11-10-17(2)6-7-18(11)3/h11H,4-10H2,1-3H3. The number of likely N-dealkylation sites (N-methyl/N-ethyl adjacent to an activating group) is 2. The molecule has 1 unspecified atom stereocenters. The number of Topliss-reactive ketones (excluding diaryl/α,β-unsaturated/α-hetero) is 1. The third-order valence-corrected chi connectivity index (χ3v) is 3.79. The van der Waals surface area contributed by atoms with E-state index in [1.54, 1.807) is 0 Å². The molecule has 2 heterocycles. The molecule has 1 aromatic heterocycles. The van der Waals surface area contributed by atoms with Crippen molar-refractivity contribution in [2.75, 3.05) is 33.7 Å². The molecule has 2 rings (SSSR count). The molecule has 1 aliphatic rings. The van der Waals surface area contributed by atoms with E-state index < -0.39 is 0 Å². The first-order chi connectivity index (χ1) is 9.58. The molecule has 6 nitrogen and oxygen atoms in total. The minimum Gasteiger partial charge on any atom is -0.339 e. The van der Waals surface area contributed by atoms with Gasteiger partial charge in [0.2, 0.25) is 5.89 Å². The van der Waals surface area contributed by atoms with Gasteiger partial charge < -0.3 is 14.3 Å². The smallest absolute Gasteiger partial charge is 0.234 e. The van der Waals surface area contributed by atoms with Gasteiger partial charge in [0, 0.05) is 38.5 Å². The van der Waals surface area contributed by atoms with Crippen LogP contribution in [0.4, 0.5) is 0 Å². The topological polar surface area (TPSA) is 62.5 Å². The molecule has 0 amide bonds. The first kappa shape index (κ1) is 15.1. The van der Waals surface area contributed by atoms with Crippen molar-refractivity contribution in [2.45, 2.75) is 38.6 Å². The minimum atomic E-state index is 0.164. The Kier molecular flexibility index (Phi) is 5.25. The SMILES string of the molecule is CCCC(=O)Cc1nc(CC2CN(C)CCN2C)no1. The highest BCUT2D eigenvalue weighted by molar-refractivity contribution is 5.79. The Balaban J connectivity index is 1.90. The third kappa shape index (κ3) is 4.11. The van der Waals surface area contributed by atoms with Crippen LogP contribution in [0, 0.1) is 0 Å². The molecular formula is C14H24N4O2. The van der Waals surface area contributed by atoms with Crippen molar-refractivity contribution in [3.63, 3.8) is 0 Å². The second kappa shape index (κ2) is 6.95. The first-order valence-corrected chi connectivity index (χ1v) is 7.30. The number of carbonyl (C=O) groups is 1. The highest BCUT2D eigenvalue weighted by Gasteiger charge is 2.24. The van der Waals surface area contributed by atoms with E-state index in [2.05, 4.69) is 34.0 Å². The maximum atomic E-state index is 11.6. The number of rotatable bonds is 6. The summed E-state index contributed by atoms with van der Waals surface area (Å²) < 4.78 is 5.17. The number of piperazine rings is 1. The highest BCUT2D eigenvalue weighted by atomic mass is 16.5. The molecule has 112 valence electrons. The van der Waals surface area contributed by atoms with Crippen LogP contribution in [0.5, 0.6) is 0 Å². The van der Waals surface area contributed by atoms with E-state index in [-0.39, 0.29) is 12.2 Å². The first-order valence-electron chi connectivity index (χ1n) is 7.30. The average Bonchev–Trinajstić information content (AvgIpc) is 2.81. The largest absolute Gasteiger partial charge is 0.339 e. The molecule has 1 aromatic rings. The number of hydrogen-bond donors (Lipinski definition) is 0. The Bertz CT molecular complexity index is 446. The normalized spacial score (nSPS) is 21.2. The zero-order chi connectivity index (χ0) is 14.5. The van der Waals surface area contributed by atoms with Gasteiger partial charge in [0.1, 0.15) is 5.78 Å². The molecule has 20 heavy (non-hydrogen) atoms. The van der Waals surface area contributed by atoms with E-state index >= 15 is 0 Å². The van der Waals surface area contributed by atoms with Gasteiger partial charge in [-0.15, -0.1) is 0 Å². The predicted octanol–water partition coefficient (Wildman–Crippen LogP) is 0.770. The lowest BCUT2D eigenvalue weighted by Crippen LogP contribution is -2.50. The van der Waals surface area contributed by atoms with Gasteiger partial charge in [0.15, 0.2) is 5.82 Å². The summed E-state index contributed by atoms with van der Waals surface area (Å²) in [5.74, 6) is 1.32. The Morgan fingerprint density at radius 2 is 2.20 bits per heavy atom. The fourth-order valence-electron chi connectivity index (χ4n) is 2.51. The summed E-state index contributed by atoms with van der Waals surface area (Å²) in [6, 6.07) is 0.408. The molecule has 0 spiro atoms. The van der Waals surface area contributed by atoms with Gasteiger partial charge in [-0.05, 0) is 20.5 Å². The van der Waals surface area contributed by atoms with Crippen molar-refractivity contribution >= 4 is 5.78 Å². The van der Waals surface area contributed by atoms with Crippen LogP contribution in [0.15, 0.2) is 4.52 Å². The summed E-state index contributed by atoms with van der Waals surface area (Å²) in [5, 5.41) is 4.00. The van der Waals surface area contributed by atoms with Crippen LogP contribution in [0.2, 0.25) is 0 Å². The lowest BCUT2D eigenvalue weighted by molar-refractivity contribution is -0.118. The van der Waals surface area contributed by atoms with Crippen LogP contribution in [-0.4, -0.2) is 65.5 Å². The Morgan fingerprint density at radius 1 is 1.40 bits per heavy atom. The number of hydrogen-bond acceptors (Lipinski definition) is 6. The van der Waals surface area contributed by atoms with E-state index in [0.29, 0.717) is 24.2 Å². The summed E-state index contributed by atoms with van der Waals surface area (Å²) in [5.41, 5.74) is 0. The van der Waals surface area contributed by atoms with Crippen molar-refractivity contribution in [3.05, 3.63) is 11.7 Å². The van der Waals surface area contributed by atoms with E-state index in [1.165, 1.54) is 0 Å². The molecule has 1 atom stereocenters. The zero-order valence-corrected chi connectivity index (χ0v) is 12.6. The lowest BCUT2D eigenvalue weighted by Gasteiger charge is -2.37. The zero-order valence-electron chi connectivity index (χ0n) is 12.6. The highest BCUT2D eigenvalue weighted by Crippen LogP contribution is 2.11. The van der Waals surface area contributed by atoms with Gasteiger partial charge in [-0.1, -0.05) is 12.1 Å². The maximum absolute atomic E-state index is 11.6. The van der Waals surface area contributed by atoms with Gasteiger partial charge in [-0.3, -0.25) is 4.79 Å². The lowest BCUT2D eigenvalue weighted by atomic mass is 10.1. The number of nitrogens with zero attached hydrogens (tertiary/aromatic N) is 4. The maximum Gasteiger partial charge on any atom is 0.234 e. The number of aromatic nitrogens is 2. The molecular weight excluding hydrogens is 256 g/mol. The van der Waals surface area contributed by atoms with Crippen LogP contribution in [0.1, 0.15) is 31.5 Å². The van der Waals surface area contributed by atoms with Crippen molar-refractivity contribution in [1.29, 1.82) is 0 Å². The monoisotopic (exact) mass is 280 g/mol. The predicted molar refractivity (Wildman–Crippen MR) is 75.5 cm³/mol. The van der Waals surface area contributed by atoms with Gasteiger partial charge in [0.05, 0.1) is 6.42 Å². The van der Waals surface area contributed by atoms with Crippen molar-refractivity contribution in [2.24, 2.45) is 0 Å². The Labute approximate surface area is 120 Å². The summed E-state index contributed by atoms with van der Waals surface area (Å²) in [6.45, 7) is 5.15. The van der Waals surface area contributed by atoms with E-state index in [9.17, 15) is 4.79 Å². The molecule has 0 aliphatic carbocycles. The summed E-state index contributed by atoms with van der Waals surface area (Å²) in [7, 11) is 4.26. The van der Waals surface area contributed by atoms with E-state index in [0.717, 1.165) is 32.5 Å². The molecule has 0 radical (unpaired) electrons. The second-order valence-electron chi connectivity index (χ2n) is 5.67. The summed E-state index contributed by atoms with van der Waals surface area (Å²) >= 11 is 0. The number of ketones is 1. The molecule has 6 heteroatoms. The van der Waals surface area contributed by atoms with Gasteiger partial charge in [-0.25, -0.2) is 0 Å². The van der Waals surface area contributed by atoms with Gasteiger partial charge in [-0.2, -0.15) is 4.98 Å². The minimum absolute atomic E-state index is 0.164. The quantitative estimate of drug-likeness (QED) is 0.767. The molecule has 1 aliphatic heterocycles. The number of carbonyl (C=O) groups excluding carboxylic acids is 1. The van der Waals surface area contributed by atoms with Gasteiger partial charge in [0.25, 0.3) is 0 Å². The van der Waals surface area contributed by atoms with Crippen LogP contribution < -0.4 is 0 Å². The molecule has 0 bridgehead atoms. The Morgan fingerprint density at radius 3 is 2.95 bits per heavy atom. The van der Waals surface area contributed by atoms with Crippen molar-refractivity contribution in [3.8, 4) is 0 Å². The fourth-order valence-corrected chi connectivity index (χ4v) is 2.51. The molecule has 0 saturated carbocycles. The van der Waals surface area contributed by atoms with Crippen LogP contribution in [0.3, 0.4) is 0 Å². The average molecular weight is 280 g/mol. The van der Waals surface area contributed by atoms with Gasteiger partial charge >= 0.3 is 0 Å². The van der Waals surface area contributed by atoms with Crippen LogP contribution in [-0.2, 0) is 17.6 Å². The fraction of sp³-hybridized carbons (Fsp3) is 0.786. The van der Waals surface area contributed by atoms with E-state index in [4.69, 9.17) is 4.52 Å². The molecule has 1 fully saturated rings. The summed E-state index contributed by atoms with van der Waals surface area (Å²) in [4.78, 5) is 20.6. The third-order valence-electron chi connectivity index (χ3n) is 3.79. The summed E-state index contributed by atoms with van der Waals surface area (Å²) in [6.07, 6.45) is 2.47. The second-order valence-corrected chi connectivity index (χ2v) is 5.67.